The van der Waals surface area contributed by atoms with E-state index in [0.29, 0.717) is 0 Å². The molecule has 0 aliphatic rings. The summed E-state index contributed by atoms with van der Waals surface area (Å²) in [5, 5.41) is 0. The van der Waals surface area contributed by atoms with Crippen LogP contribution in [0.5, 0.6) is 0 Å². The van der Waals surface area contributed by atoms with Crippen LogP contribution in [0, 0.1) is 0 Å². The molecule has 0 atom stereocenters. The largest absolute Gasteiger partial charge is 0.0856 e. The van der Waals surface area contributed by atoms with Crippen LogP contribution in [0.25, 0.3) is 0 Å². The first-order valence-corrected chi connectivity index (χ1v) is 8.64. The van der Waals surface area contributed by atoms with Crippen molar-refractivity contribution >= 4 is 16.3 Å². The van der Waals surface area contributed by atoms with Gasteiger partial charge in [0.1, 0.15) is 0 Å². The Hall–Kier alpha value is -0.285. The zero-order chi connectivity index (χ0) is 14.1. The second-order valence-corrected chi connectivity index (χ2v) is 9.07. The van der Waals surface area contributed by atoms with Crippen molar-refractivity contribution in [3.63, 3.8) is 0 Å². The van der Waals surface area contributed by atoms with Gasteiger partial charge in [-0.2, -0.15) is 0 Å². The second kappa shape index (κ2) is 11.5. The Morgan fingerprint density at radius 2 is 1.53 bits per heavy atom. The Balaban J connectivity index is 0. The predicted molar refractivity (Wildman–Crippen MR) is 94.5 cm³/mol. The van der Waals surface area contributed by atoms with Gasteiger partial charge >= 0.3 is 0 Å². The van der Waals surface area contributed by atoms with Gasteiger partial charge in [0.2, 0.25) is 0 Å². The first-order chi connectivity index (χ1) is 8.34. The van der Waals surface area contributed by atoms with Crippen LogP contribution in [0.3, 0.4) is 0 Å². The van der Waals surface area contributed by atoms with Crippen LogP contribution in [-0.4, -0.2) is 19.7 Å². The van der Waals surface area contributed by atoms with Crippen molar-refractivity contribution in [2.45, 2.75) is 72.6 Å². The van der Waals surface area contributed by atoms with Gasteiger partial charge in [-0.05, 0) is 44.9 Å². The summed E-state index contributed by atoms with van der Waals surface area (Å²) in [7, 11) is 0.0304. The molecule has 0 saturated heterocycles. The number of rotatable bonds is 7. The molecule has 19 heavy (non-hydrogen) atoms. The van der Waals surface area contributed by atoms with Crippen LogP contribution in [0.4, 0.5) is 0 Å². The van der Waals surface area contributed by atoms with Crippen molar-refractivity contribution in [1.29, 1.82) is 0 Å². The van der Waals surface area contributed by atoms with E-state index in [2.05, 4.69) is 72.5 Å². The lowest BCUT2D eigenvalue weighted by Crippen LogP contribution is -2.00. The van der Waals surface area contributed by atoms with Crippen molar-refractivity contribution < 1.29 is 0 Å². The van der Waals surface area contributed by atoms with E-state index < -0.39 is 0 Å². The second-order valence-electron chi connectivity index (χ2n) is 5.81. The van der Waals surface area contributed by atoms with Crippen molar-refractivity contribution in [3.8, 4) is 0 Å². The minimum atomic E-state index is 0. The molecule has 0 bridgehead atoms. The van der Waals surface area contributed by atoms with E-state index in [-0.39, 0.29) is 16.3 Å². The van der Waals surface area contributed by atoms with E-state index in [1.807, 2.05) is 0 Å². The molecule has 0 spiro atoms. The normalized spacial score (nSPS) is 12.4. The first kappa shape index (κ1) is 21.0. The highest BCUT2D eigenvalue weighted by Gasteiger charge is 2.12. The summed E-state index contributed by atoms with van der Waals surface area (Å²) in [4.78, 5) is 0. The molecule has 0 aromatic rings. The van der Waals surface area contributed by atoms with E-state index in [9.17, 15) is 0 Å². The summed E-state index contributed by atoms with van der Waals surface area (Å²) in [5.41, 5.74) is 4.47. The lowest BCUT2D eigenvalue weighted by Gasteiger charge is -2.21. The summed E-state index contributed by atoms with van der Waals surface area (Å²) >= 11 is 0. The maximum atomic E-state index is 2.44. The Bertz CT molecular complexity index is 299. The Morgan fingerprint density at radius 1 is 1.00 bits per heavy atom. The lowest BCUT2D eigenvalue weighted by molar-refractivity contribution is 0.967. The molecule has 0 nitrogen and oxygen atoms in total. The van der Waals surface area contributed by atoms with Gasteiger partial charge in [-0.15, -0.1) is 0 Å². The van der Waals surface area contributed by atoms with Crippen LogP contribution >= 0.6 is 7.92 Å². The highest BCUT2D eigenvalue weighted by Crippen LogP contribution is 2.47. The summed E-state index contributed by atoms with van der Waals surface area (Å²) in [6.07, 6.45) is 9.23. The van der Waals surface area contributed by atoms with Gasteiger partial charge in [0.05, 0.1) is 0 Å². The van der Waals surface area contributed by atoms with E-state index in [0.717, 1.165) is 11.3 Å². The van der Waals surface area contributed by atoms with Gasteiger partial charge in [-0.3, -0.25) is 0 Å². The van der Waals surface area contributed by atoms with E-state index >= 15 is 0 Å². The Labute approximate surface area is 124 Å². The zero-order valence-electron chi connectivity index (χ0n) is 13.9. The molecule has 2 heteroatoms. The molecule has 3 radical (unpaired) electrons. The third kappa shape index (κ3) is 11.3. The molecule has 0 heterocycles. The first-order valence-electron chi connectivity index (χ1n) is 7.09. The fourth-order valence-corrected chi connectivity index (χ4v) is 4.09. The Kier molecular flexibility index (Phi) is 12.8. The maximum absolute atomic E-state index is 2.44. The summed E-state index contributed by atoms with van der Waals surface area (Å²) in [6.45, 7) is 15.9. The van der Waals surface area contributed by atoms with Gasteiger partial charge in [0.25, 0.3) is 0 Å². The predicted octanol–water partition coefficient (Wildman–Crippen LogP) is 6.11. The molecule has 0 amide bonds. The third-order valence-electron chi connectivity index (χ3n) is 2.92. The van der Waals surface area contributed by atoms with Gasteiger partial charge in [-0.25, -0.2) is 0 Å². The summed E-state index contributed by atoms with van der Waals surface area (Å²) < 4.78 is 0. The van der Waals surface area contributed by atoms with Crippen LogP contribution in [-0.2, 0) is 0 Å². The monoisotopic (exact) mass is 277 g/mol. The molecule has 0 N–H and O–H groups in total. The highest BCUT2D eigenvalue weighted by atomic mass is 31.1. The number of hydrogen-bond donors (Lipinski definition) is 0. The van der Waals surface area contributed by atoms with Crippen molar-refractivity contribution in [1.82, 2.24) is 0 Å². The minimum Gasteiger partial charge on any atom is -0.0856 e. The smallest absolute Gasteiger partial charge is 0 e. The van der Waals surface area contributed by atoms with Gasteiger partial charge < -0.3 is 0 Å². The van der Waals surface area contributed by atoms with Crippen molar-refractivity contribution in [2.24, 2.45) is 0 Å². The standard InChI is InChI=1S/C17H31P.B/c1-14(2)10-8-11-17(7)12-9-13-18(15(3)4)16(5)6;/h9-10,12-13,15-16H,8,11H2,1-7H3;/b13-9+,17-12+;. The highest BCUT2D eigenvalue weighted by molar-refractivity contribution is 7.62. The topological polar surface area (TPSA) is 0 Å². The van der Waals surface area contributed by atoms with Crippen LogP contribution in [0.2, 0.25) is 0 Å². The zero-order valence-corrected chi connectivity index (χ0v) is 14.8. The molecule has 0 aromatic carbocycles. The SMILES string of the molecule is CC(C)=CCC/C(C)=C/C=C/P(C(C)C)C(C)C.[B]. The molecule has 0 aliphatic carbocycles. The number of hydrogen-bond acceptors (Lipinski definition) is 0. The maximum Gasteiger partial charge on any atom is 0 e. The summed E-state index contributed by atoms with van der Waals surface area (Å²) in [5.74, 6) is 2.44. The minimum absolute atomic E-state index is 0. The fourth-order valence-electron chi connectivity index (χ4n) is 1.92. The molecule has 0 saturated carbocycles. The van der Waals surface area contributed by atoms with Crippen LogP contribution in [0.1, 0.15) is 61.3 Å². The summed E-state index contributed by atoms with van der Waals surface area (Å²) in [6, 6.07) is 0. The molecular formula is C17H31BP. The van der Waals surface area contributed by atoms with E-state index in [1.165, 1.54) is 24.0 Å². The van der Waals surface area contributed by atoms with E-state index in [1.54, 1.807) is 0 Å². The van der Waals surface area contributed by atoms with Gasteiger partial charge in [0.15, 0.2) is 0 Å². The molecule has 0 aromatic heterocycles. The average Bonchev–Trinajstić information content (AvgIpc) is 2.22. The molecule has 0 fully saturated rings. The average molecular weight is 277 g/mol. The molecule has 0 rings (SSSR count). The lowest BCUT2D eigenvalue weighted by atomic mass is 10.1. The molecule has 107 valence electrons. The number of allylic oxidation sites excluding steroid dienone is 5. The molecule has 0 unspecified atom stereocenters. The Morgan fingerprint density at radius 3 is 1.95 bits per heavy atom. The van der Waals surface area contributed by atoms with Crippen molar-refractivity contribution in [2.75, 3.05) is 0 Å². The van der Waals surface area contributed by atoms with Crippen molar-refractivity contribution in [3.05, 3.63) is 35.2 Å². The quantitative estimate of drug-likeness (QED) is 0.228. The fraction of sp³-hybridized carbons (Fsp3) is 0.647. The molecular weight excluding hydrogens is 246 g/mol. The van der Waals surface area contributed by atoms with E-state index in [4.69, 9.17) is 0 Å². The molecule has 0 aliphatic heterocycles. The van der Waals surface area contributed by atoms with Crippen LogP contribution in [0.15, 0.2) is 35.2 Å². The third-order valence-corrected chi connectivity index (χ3v) is 5.82. The van der Waals surface area contributed by atoms with Crippen LogP contribution < -0.4 is 0 Å². The van der Waals surface area contributed by atoms with Gasteiger partial charge in [-0.1, -0.05) is 70.8 Å². The van der Waals surface area contributed by atoms with Gasteiger partial charge in [0, 0.05) is 8.41 Å².